The fourth-order valence-corrected chi connectivity index (χ4v) is 6.90. The van der Waals surface area contributed by atoms with Crippen molar-refractivity contribution in [3.63, 3.8) is 0 Å². The number of carbonyl (C=O) groups excluding carboxylic acids is 4. The van der Waals surface area contributed by atoms with Gasteiger partial charge in [0.15, 0.2) is 0 Å². The van der Waals surface area contributed by atoms with Gasteiger partial charge in [-0.3, -0.25) is 19.2 Å². The molecule has 6 atom stereocenters. The topological polar surface area (TPSA) is 125 Å². The Morgan fingerprint density at radius 3 is 2.52 bits per heavy atom. The molecule has 0 aromatic heterocycles. The maximum atomic E-state index is 14.4. The molecular formula is C33H34ClN3O7. The van der Waals surface area contributed by atoms with Crippen molar-refractivity contribution in [3.05, 3.63) is 89.5 Å². The Morgan fingerprint density at radius 1 is 1.00 bits per heavy atom. The second-order valence-electron chi connectivity index (χ2n) is 11.4. The molecule has 2 aromatic carbocycles. The lowest BCUT2D eigenvalue weighted by Gasteiger charge is -2.35. The van der Waals surface area contributed by atoms with Gasteiger partial charge in [0.1, 0.15) is 18.2 Å². The van der Waals surface area contributed by atoms with Gasteiger partial charge in [-0.15, -0.1) is 0 Å². The number of nitrogens with one attached hydrogen (secondary N) is 1. The second kappa shape index (κ2) is 12.6. The summed E-state index contributed by atoms with van der Waals surface area (Å²) in [5, 5.41) is 13.2. The van der Waals surface area contributed by atoms with E-state index in [1.54, 1.807) is 53.5 Å². The fourth-order valence-electron chi connectivity index (χ4n) is 6.77. The number of aliphatic hydroxyl groups excluding tert-OH is 1. The highest BCUT2D eigenvalue weighted by atomic mass is 35.5. The van der Waals surface area contributed by atoms with Gasteiger partial charge in [0.05, 0.1) is 24.0 Å². The smallest absolute Gasteiger partial charge is 0.306 e. The first kappa shape index (κ1) is 30.1. The molecule has 4 aliphatic rings. The number of amides is 3. The Balaban J connectivity index is 1.42. The van der Waals surface area contributed by atoms with Crippen LogP contribution in [-0.2, 0) is 28.7 Å². The van der Waals surface area contributed by atoms with Crippen LogP contribution in [0.3, 0.4) is 0 Å². The maximum Gasteiger partial charge on any atom is 0.306 e. The summed E-state index contributed by atoms with van der Waals surface area (Å²) in [5.74, 6) is -3.55. The Kier molecular flexibility index (Phi) is 8.57. The molecule has 11 heteroatoms. The molecule has 1 spiro atoms. The van der Waals surface area contributed by atoms with E-state index in [1.165, 1.54) is 4.90 Å². The van der Waals surface area contributed by atoms with Gasteiger partial charge in [-0.1, -0.05) is 66.2 Å². The number of likely N-dealkylation sites (tertiary alicyclic amines) is 1. The quantitative estimate of drug-likeness (QED) is 0.389. The molecule has 3 amide bonds. The average molecular weight is 620 g/mol. The summed E-state index contributed by atoms with van der Waals surface area (Å²) in [6.45, 7) is 0.101. The Morgan fingerprint density at radius 2 is 1.77 bits per heavy atom. The van der Waals surface area contributed by atoms with Crippen molar-refractivity contribution in [2.24, 2.45) is 11.8 Å². The zero-order valence-electron chi connectivity index (χ0n) is 24.0. The number of halogens is 1. The van der Waals surface area contributed by atoms with E-state index in [2.05, 4.69) is 5.32 Å². The number of carbonyl (C=O) groups is 4. The van der Waals surface area contributed by atoms with Gasteiger partial charge in [0, 0.05) is 36.8 Å². The van der Waals surface area contributed by atoms with Crippen molar-refractivity contribution in [1.82, 2.24) is 10.2 Å². The van der Waals surface area contributed by atoms with Gasteiger partial charge in [-0.25, -0.2) is 0 Å². The molecule has 0 unspecified atom stereocenters. The number of anilines is 1. The third-order valence-electron chi connectivity index (χ3n) is 8.76. The number of nitrogens with zero attached hydrogens (tertiary/aromatic N) is 2. The average Bonchev–Trinajstić information content (AvgIpc) is 3.41. The van der Waals surface area contributed by atoms with Crippen molar-refractivity contribution < 1.29 is 33.8 Å². The zero-order chi connectivity index (χ0) is 30.8. The van der Waals surface area contributed by atoms with Gasteiger partial charge in [0.25, 0.3) is 5.91 Å². The zero-order valence-corrected chi connectivity index (χ0v) is 24.8. The van der Waals surface area contributed by atoms with Crippen LogP contribution in [0.1, 0.15) is 30.9 Å². The lowest BCUT2D eigenvalue weighted by Crippen LogP contribution is -2.55. The van der Waals surface area contributed by atoms with E-state index in [9.17, 15) is 24.3 Å². The number of hydrogen-bond acceptors (Lipinski definition) is 7. The first-order chi connectivity index (χ1) is 21.3. The molecule has 4 aliphatic heterocycles. The molecule has 2 fully saturated rings. The molecule has 6 rings (SSSR count). The van der Waals surface area contributed by atoms with E-state index in [4.69, 9.17) is 21.1 Å². The predicted octanol–water partition coefficient (Wildman–Crippen LogP) is 2.96. The Bertz CT molecular complexity index is 1480. The van der Waals surface area contributed by atoms with Gasteiger partial charge in [-0.2, -0.15) is 0 Å². The first-order valence-electron chi connectivity index (χ1n) is 14.9. The van der Waals surface area contributed by atoms with Crippen molar-refractivity contribution in [1.29, 1.82) is 0 Å². The monoisotopic (exact) mass is 619 g/mol. The summed E-state index contributed by atoms with van der Waals surface area (Å²) in [5.41, 5.74) is -0.0808. The summed E-state index contributed by atoms with van der Waals surface area (Å²) in [6, 6.07) is 14.3. The largest absolute Gasteiger partial charge is 0.463 e. The maximum absolute atomic E-state index is 14.4. The Hall–Kier alpha value is -3.99. The van der Waals surface area contributed by atoms with E-state index in [0.717, 1.165) is 5.56 Å². The number of esters is 1. The lowest BCUT2D eigenvalue weighted by atomic mass is 9.77. The second-order valence-corrected chi connectivity index (χ2v) is 11.8. The van der Waals surface area contributed by atoms with E-state index in [1.807, 2.05) is 30.3 Å². The number of ether oxygens (including phenoxy) is 2. The van der Waals surface area contributed by atoms with Crippen LogP contribution in [0.5, 0.6) is 0 Å². The minimum Gasteiger partial charge on any atom is -0.463 e. The van der Waals surface area contributed by atoms with Gasteiger partial charge < -0.3 is 29.7 Å². The molecule has 230 valence electrons. The highest BCUT2D eigenvalue weighted by Gasteiger charge is 2.71. The van der Waals surface area contributed by atoms with E-state index < -0.39 is 41.5 Å². The van der Waals surface area contributed by atoms with E-state index in [-0.39, 0.29) is 56.9 Å². The van der Waals surface area contributed by atoms with Gasteiger partial charge in [0.2, 0.25) is 11.8 Å². The van der Waals surface area contributed by atoms with Crippen molar-refractivity contribution in [2.45, 2.75) is 43.1 Å². The molecule has 0 aliphatic carbocycles. The summed E-state index contributed by atoms with van der Waals surface area (Å²) in [4.78, 5) is 58.4. The van der Waals surface area contributed by atoms with Crippen LogP contribution in [0.4, 0.5) is 5.69 Å². The highest BCUT2D eigenvalue weighted by Crippen LogP contribution is 2.53. The third kappa shape index (κ3) is 5.42. The normalized spacial score (nSPS) is 31.2. The molecule has 44 heavy (non-hydrogen) atoms. The highest BCUT2D eigenvalue weighted by molar-refractivity contribution is 6.30. The number of fused-ring (bicyclic) bond motifs is 2. The number of hydrogen-bond donors (Lipinski definition) is 2. The molecule has 4 heterocycles. The minimum absolute atomic E-state index is 0.0695. The van der Waals surface area contributed by atoms with Crippen LogP contribution in [0.25, 0.3) is 0 Å². The molecule has 0 radical (unpaired) electrons. The number of rotatable bonds is 5. The molecule has 0 saturated carbocycles. The summed E-state index contributed by atoms with van der Waals surface area (Å²) < 4.78 is 12.2. The SMILES string of the molecule is O=C1CC/C=C\[C@H]2O[C@]34C=CCN(c5ccc(Cl)cc5)C(=O)[C@H]3N(CCCO)C(=O)[C@@H]4[C@H]2C(=O)N[C@H](c2ccccc2)CO1. The minimum atomic E-state index is -1.43. The van der Waals surface area contributed by atoms with Gasteiger partial charge in [-0.05, 0) is 42.7 Å². The molecule has 2 N–H and O–H groups in total. The summed E-state index contributed by atoms with van der Waals surface area (Å²) >= 11 is 6.11. The van der Waals surface area contributed by atoms with E-state index in [0.29, 0.717) is 17.1 Å². The number of cyclic esters (lactones) is 1. The van der Waals surface area contributed by atoms with Crippen LogP contribution >= 0.6 is 11.6 Å². The van der Waals surface area contributed by atoms with Crippen molar-refractivity contribution in [2.75, 3.05) is 31.2 Å². The predicted molar refractivity (Wildman–Crippen MR) is 161 cm³/mol. The van der Waals surface area contributed by atoms with Crippen LogP contribution in [-0.4, -0.2) is 77.7 Å². The summed E-state index contributed by atoms with van der Waals surface area (Å²) in [6.07, 6.45) is 6.96. The number of benzene rings is 2. The van der Waals surface area contributed by atoms with Crippen molar-refractivity contribution >= 4 is 41.0 Å². The van der Waals surface area contributed by atoms with E-state index >= 15 is 0 Å². The van der Waals surface area contributed by atoms with Crippen LogP contribution in [0.15, 0.2) is 78.9 Å². The fraction of sp³-hybridized carbons (Fsp3) is 0.394. The van der Waals surface area contributed by atoms with Crippen LogP contribution in [0.2, 0.25) is 5.02 Å². The summed E-state index contributed by atoms with van der Waals surface area (Å²) in [7, 11) is 0. The number of allylic oxidation sites excluding steroid dienone is 1. The third-order valence-corrected chi connectivity index (χ3v) is 9.01. The molecular weight excluding hydrogens is 586 g/mol. The Labute approximate surface area is 260 Å². The van der Waals surface area contributed by atoms with Crippen LogP contribution < -0.4 is 10.2 Å². The number of aliphatic hydroxyl groups is 1. The van der Waals surface area contributed by atoms with Crippen molar-refractivity contribution in [3.8, 4) is 0 Å². The molecule has 2 aromatic rings. The lowest BCUT2D eigenvalue weighted by molar-refractivity contribution is -0.146. The van der Waals surface area contributed by atoms with Gasteiger partial charge >= 0.3 is 5.97 Å². The molecule has 10 nitrogen and oxygen atoms in total. The van der Waals surface area contributed by atoms with Crippen LogP contribution in [0, 0.1) is 11.8 Å². The molecule has 0 bridgehead atoms. The standard InChI is InChI=1S/C33H34ClN3O7/c34-22-12-14-23(15-13-22)36-17-6-16-33-28(31(41)37(18-7-19-38)29(33)32(36)42)27-25(44-33)10-4-5-11-26(39)43-20-24(35-30(27)40)21-8-2-1-3-9-21/h1-4,6,8-10,12-16,24-25,27-29,38H,5,7,11,17-20H2,(H,35,40)/b10-4-/t24-,25+,27-,28-,29+,33-/m0/s1. The molecule has 2 saturated heterocycles. The first-order valence-corrected chi connectivity index (χ1v) is 15.2.